The fourth-order valence-corrected chi connectivity index (χ4v) is 1.89. The molecular weight excluding hydrogens is 216 g/mol. The van der Waals surface area contributed by atoms with E-state index < -0.39 is 0 Å². The van der Waals surface area contributed by atoms with Crippen LogP contribution in [0.3, 0.4) is 0 Å². The molecule has 0 atom stereocenters. The second-order valence-corrected chi connectivity index (χ2v) is 3.69. The topological polar surface area (TPSA) is 20.2 Å². The molecule has 0 spiro atoms. The summed E-state index contributed by atoms with van der Waals surface area (Å²) in [5, 5.41) is 9.57. The number of rotatable bonds is 2. The van der Waals surface area contributed by atoms with E-state index in [1.165, 1.54) is 5.56 Å². The molecule has 0 saturated heterocycles. The first-order chi connectivity index (χ1) is 5.69. The predicted molar refractivity (Wildman–Crippen MR) is 54.6 cm³/mol. The van der Waals surface area contributed by atoms with Crippen molar-refractivity contribution in [1.82, 2.24) is 0 Å². The maximum Gasteiger partial charge on any atom is 0.120 e. The van der Waals surface area contributed by atoms with E-state index in [9.17, 15) is 5.11 Å². The molecule has 0 aliphatic heterocycles. The van der Waals surface area contributed by atoms with Crippen molar-refractivity contribution < 1.29 is 5.11 Å². The van der Waals surface area contributed by atoms with E-state index in [-0.39, 0.29) is 0 Å². The molecule has 0 bridgehead atoms. The van der Waals surface area contributed by atoms with Crippen LogP contribution < -0.4 is 0 Å². The lowest BCUT2D eigenvalue weighted by atomic mass is 10.0. The molecule has 1 nitrogen and oxygen atoms in total. The van der Waals surface area contributed by atoms with Gasteiger partial charge in [-0.3, -0.25) is 0 Å². The number of hydrogen-bond acceptors (Lipinski definition) is 1. The first-order valence-electron chi connectivity index (χ1n) is 4.19. The number of benzene rings is 1. The van der Waals surface area contributed by atoms with Crippen molar-refractivity contribution in [3.8, 4) is 5.75 Å². The van der Waals surface area contributed by atoms with E-state index in [0.717, 1.165) is 22.9 Å². The summed E-state index contributed by atoms with van der Waals surface area (Å²) in [4.78, 5) is 0. The fraction of sp³-hybridized carbons (Fsp3) is 0.400. The number of hydrogen-bond donors (Lipinski definition) is 1. The summed E-state index contributed by atoms with van der Waals surface area (Å²) in [6.45, 7) is 4.16. The lowest BCUT2D eigenvalue weighted by Gasteiger charge is -2.08. The Morgan fingerprint density at radius 1 is 1.25 bits per heavy atom. The molecule has 0 aliphatic carbocycles. The highest BCUT2D eigenvalue weighted by molar-refractivity contribution is 9.10. The molecule has 1 aromatic rings. The van der Waals surface area contributed by atoms with Gasteiger partial charge in [-0.05, 0) is 36.1 Å². The Kier molecular flexibility index (Phi) is 3.15. The summed E-state index contributed by atoms with van der Waals surface area (Å²) < 4.78 is 0.953. The third-order valence-corrected chi connectivity index (χ3v) is 2.48. The Hall–Kier alpha value is -0.500. The number of phenolic OH excluding ortho intramolecular Hbond substituents is 1. The van der Waals surface area contributed by atoms with Gasteiger partial charge in [-0.1, -0.05) is 29.8 Å². The zero-order chi connectivity index (χ0) is 9.14. The lowest BCUT2D eigenvalue weighted by molar-refractivity contribution is 0.467. The highest BCUT2D eigenvalue weighted by atomic mass is 79.9. The van der Waals surface area contributed by atoms with Gasteiger partial charge in [-0.15, -0.1) is 0 Å². The second-order valence-electron chi connectivity index (χ2n) is 2.77. The SMILES string of the molecule is CCc1cc(Br)cc(O)c1CC. The Morgan fingerprint density at radius 2 is 1.92 bits per heavy atom. The molecule has 66 valence electrons. The van der Waals surface area contributed by atoms with Crippen LogP contribution in [0.5, 0.6) is 5.75 Å². The van der Waals surface area contributed by atoms with Gasteiger partial charge in [0.05, 0.1) is 0 Å². The normalized spacial score (nSPS) is 10.2. The van der Waals surface area contributed by atoms with Crippen LogP contribution in [0.15, 0.2) is 16.6 Å². The zero-order valence-electron chi connectivity index (χ0n) is 7.39. The van der Waals surface area contributed by atoms with Crippen LogP contribution in [0.25, 0.3) is 0 Å². The summed E-state index contributed by atoms with van der Waals surface area (Å²) in [5.74, 6) is 0.406. The molecule has 0 radical (unpaired) electrons. The Bertz CT molecular complexity index is 281. The summed E-state index contributed by atoms with van der Waals surface area (Å²) in [5.41, 5.74) is 2.30. The molecule has 0 unspecified atom stereocenters. The summed E-state index contributed by atoms with van der Waals surface area (Å²) in [6.07, 6.45) is 1.86. The smallest absolute Gasteiger partial charge is 0.120 e. The fourth-order valence-electron chi connectivity index (χ4n) is 1.40. The number of phenols is 1. The average molecular weight is 229 g/mol. The molecule has 0 aromatic heterocycles. The predicted octanol–water partition coefficient (Wildman–Crippen LogP) is 3.28. The van der Waals surface area contributed by atoms with Gasteiger partial charge in [0, 0.05) is 4.47 Å². The van der Waals surface area contributed by atoms with Crippen LogP contribution in [-0.4, -0.2) is 5.11 Å². The van der Waals surface area contributed by atoms with Crippen molar-refractivity contribution in [2.24, 2.45) is 0 Å². The van der Waals surface area contributed by atoms with E-state index >= 15 is 0 Å². The third kappa shape index (κ3) is 1.81. The zero-order valence-corrected chi connectivity index (χ0v) is 8.98. The van der Waals surface area contributed by atoms with Crippen molar-refractivity contribution in [1.29, 1.82) is 0 Å². The molecule has 0 amide bonds. The van der Waals surface area contributed by atoms with Gasteiger partial charge in [0.1, 0.15) is 5.75 Å². The van der Waals surface area contributed by atoms with Crippen LogP contribution in [-0.2, 0) is 12.8 Å². The van der Waals surface area contributed by atoms with Gasteiger partial charge >= 0.3 is 0 Å². The van der Waals surface area contributed by atoms with E-state index in [2.05, 4.69) is 35.8 Å². The first-order valence-corrected chi connectivity index (χ1v) is 4.98. The second kappa shape index (κ2) is 3.94. The molecule has 1 aromatic carbocycles. The molecule has 2 heteroatoms. The quantitative estimate of drug-likeness (QED) is 0.824. The number of aryl methyl sites for hydroxylation is 1. The average Bonchev–Trinajstić information content (AvgIpc) is 2.03. The Labute approximate surface area is 81.6 Å². The highest BCUT2D eigenvalue weighted by Crippen LogP contribution is 2.27. The first kappa shape index (κ1) is 9.59. The minimum absolute atomic E-state index is 0.406. The molecule has 0 saturated carbocycles. The highest BCUT2D eigenvalue weighted by Gasteiger charge is 2.05. The van der Waals surface area contributed by atoms with Gasteiger partial charge in [0.2, 0.25) is 0 Å². The lowest BCUT2D eigenvalue weighted by Crippen LogP contribution is -1.91. The van der Waals surface area contributed by atoms with Crippen molar-refractivity contribution in [3.63, 3.8) is 0 Å². The maximum absolute atomic E-state index is 9.57. The largest absolute Gasteiger partial charge is 0.508 e. The van der Waals surface area contributed by atoms with Crippen LogP contribution in [0.4, 0.5) is 0 Å². The van der Waals surface area contributed by atoms with Crippen LogP contribution in [0, 0.1) is 0 Å². The number of aromatic hydroxyl groups is 1. The van der Waals surface area contributed by atoms with Crippen molar-refractivity contribution in [2.45, 2.75) is 26.7 Å². The minimum Gasteiger partial charge on any atom is -0.508 e. The molecular formula is C10H13BrO. The van der Waals surface area contributed by atoms with Crippen LogP contribution in [0.1, 0.15) is 25.0 Å². The van der Waals surface area contributed by atoms with Crippen molar-refractivity contribution >= 4 is 15.9 Å². The molecule has 0 aliphatic rings. The van der Waals surface area contributed by atoms with Crippen LogP contribution >= 0.6 is 15.9 Å². The van der Waals surface area contributed by atoms with Crippen LogP contribution in [0.2, 0.25) is 0 Å². The third-order valence-electron chi connectivity index (χ3n) is 2.02. The molecule has 1 N–H and O–H groups in total. The van der Waals surface area contributed by atoms with E-state index in [0.29, 0.717) is 5.75 Å². The van der Waals surface area contributed by atoms with E-state index in [1.807, 2.05) is 0 Å². The maximum atomic E-state index is 9.57. The molecule has 0 fully saturated rings. The van der Waals surface area contributed by atoms with Crippen molar-refractivity contribution in [3.05, 3.63) is 27.7 Å². The molecule has 12 heavy (non-hydrogen) atoms. The standard InChI is InChI=1S/C10H13BrO/c1-3-7-5-8(11)6-10(12)9(7)4-2/h5-6,12H,3-4H2,1-2H3. The van der Waals surface area contributed by atoms with E-state index in [4.69, 9.17) is 0 Å². The van der Waals surface area contributed by atoms with Gasteiger partial charge in [0.25, 0.3) is 0 Å². The van der Waals surface area contributed by atoms with E-state index in [1.54, 1.807) is 6.07 Å². The monoisotopic (exact) mass is 228 g/mol. The summed E-state index contributed by atoms with van der Waals surface area (Å²) in [7, 11) is 0. The molecule has 0 heterocycles. The van der Waals surface area contributed by atoms with Gasteiger partial charge in [0.15, 0.2) is 0 Å². The minimum atomic E-state index is 0.406. The summed E-state index contributed by atoms with van der Waals surface area (Å²) >= 11 is 3.36. The van der Waals surface area contributed by atoms with Gasteiger partial charge in [-0.2, -0.15) is 0 Å². The molecule has 1 rings (SSSR count). The van der Waals surface area contributed by atoms with Gasteiger partial charge in [-0.25, -0.2) is 0 Å². The Balaban J connectivity index is 3.24. The number of halogens is 1. The van der Waals surface area contributed by atoms with Gasteiger partial charge < -0.3 is 5.11 Å². The van der Waals surface area contributed by atoms with Crippen molar-refractivity contribution in [2.75, 3.05) is 0 Å². The summed E-state index contributed by atoms with van der Waals surface area (Å²) in [6, 6.07) is 3.82. The Morgan fingerprint density at radius 3 is 2.42 bits per heavy atom.